The zero-order valence-electron chi connectivity index (χ0n) is 12.8. The molecule has 2 amide bonds. The van der Waals surface area contributed by atoms with Crippen molar-refractivity contribution in [2.24, 2.45) is 17.3 Å². The number of carbonyl (C=O) groups is 2. The Kier molecular flexibility index (Phi) is 2.87. The molecule has 1 aromatic rings. The average Bonchev–Trinajstić information content (AvgIpc) is 2.48. The molecule has 4 nitrogen and oxygen atoms in total. The maximum atomic E-state index is 12.4. The van der Waals surface area contributed by atoms with Crippen molar-refractivity contribution >= 4 is 11.8 Å². The minimum atomic E-state index is -0.399. The number of phenols is 1. The summed E-state index contributed by atoms with van der Waals surface area (Å²) in [4.78, 5) is 24.2. The highest BCUT2D eigenvalue weighted by Gasteiger charge is 2.54. The highest BCUT2D eigenvalue weighted by atomic mass is 16.3. The zero-order valence-corrected chi connectivity index (χ0v) is 12.8. The molecular formula is C18H21NO3. The Bertz CT molecular complexity index is 668. The molecular weight excluding hydrogens is 278 g/mol. The van der Waals surface area contributed by atoms with Gasteiger partial charge < -0.3 is 5.11 Å². The number of amides is 2. The van der Waals surface area contributed by atoms with Crippen molar-refractivity contribution in [3.05, 3.63) is 29.3 Å². The fourth-order valence-corrected chi connectivity index (χ4v) is 5.07. The molecule has 1 saturated carbocycles. The molecule has 1 aromatic carbocycles. The fourth-order valence-electron chi connectivity index (χ4n) is 5.07. The third-order valence-corrected chi connectivity index (χ3v) is 6.28. The van der Waals surface area contributed by atoms with Gasteiger partial charge in [0.1, 0.15) is 5.75 Å². The van der Waals surface area contributed by atoms with Gasteiger partial charge in [0.2, 0.25) is 11.8 Å². The number of aromatic hydroxyl groups is 1. The first-order valence-corrected chi connectivity index (χ1v) is 8.15. The first-order valence-electron chi connectivity index (χ1n) is 8.15. The predicted octanol–water partition coefficient (Wildman–Crippen LogP) is 2.50. The van der Waals surface area contributed by atoms with Crippen molar-refractivity contribution in [1.29, 1.82) is 0 Å². The van der Waals surface area contributed by atoms with E-state index in [1.807, 2.05) is 19.1 Å². The molecule has 0 aromatic heterocycles. The molecule has 4 atom stereocenters. The van der Waals surface area contributed by atoms with Gasteiger partial charge in [-0.3, -0.25) is 14.9 Å². The van der Waals surface area contributed by atoms with Crippen LogP contribution < -0.4 is 5.32 Å². The number of rotatable bonds is 0. The molecule has 116 valence electrons. The highest BCUT2D eigenvalue weighted by Crippen LogP contribution is 2.56. The number of hydrogen-bond donors (Lipinski definition) is 2. The summed E-state index contributed by atoms with van der Waals surface area (Å²) in [7, 11) is 0. The third kappa shape index (κ3) is 1.82. The molecule has 2 aliphatic carbocycles. The van der Waals surface area contributed by atoms with Crippen LogP contribution in [0.25, 0.3) is 0 Å². The molecule has 22 heavy (non-hydrogen) atoms. The van der Waals surface area contributed by atoms with E-state index >= 15 is 0 Å². The van der Waals surface area contributed by atoms with E-state index in [-0.39, 0.29) is 17.7 Å². The van der Waals surface area contributed by atoms with Crippen molar-refractivity contribution < 1.29 is 14.7 Å². The summed E-state index contributed by atoms with van der Waals surface area (Å²) < 4.78 is 0. The normalized spacial score (nSPS) is 36.9. The largest absolute Gasteiger partial charge is 0.508 e. The molecule has 3 unspecified atom stereocenters. The number of phenolic OH excluding ortho intramolecular Hbond substituents is 1. The number of aryl methyl sites for hydroxylation is 1. The van der Waals surface area contributed by atoms with Crippen LogP contribution in [0.15, 0.2) is 18.2 Å². The molecule has 4 rings (SSSR count). The minimum Gasteiger partial charge on any atom is -0.508 e. The van der Waals surface area contributed by atoms with Gasteiger partial charge in [0.05, 0.1) is 5.41 Å². The van der Waals surface area contributed by atoms with Crippen molar-refractivity contribution in [1.82, 2.24) is 5.32 Å². The second kappa shape index (κ2) is 4.58. The molecule has 1 aliphatic heterocycles. The van der Waals surface area contributed by atoms with Gasteiger partial charge in [-0.05, 0) is 66.7 Å². The SMILES string of the molecule is C[C@]12CCC3c4ccc(O)cc4CCC3C1CC(=O)NC2=O. The van der Waals surface area contributed by atoms with Crippen molar-refractivity contribution in [2.75, 3.05) is 0 Å². The van der Waals surface area contributed by atoms with Crippen molar-refractivity contribution in [3.63, 3.8) is 0 Å². The quantitative estimate of drug-likeness (QED) is 0.723. The van der Waals surface area contributed by atoms with E-state index in [0.29, 0.717) is 24.0 Å². The lowest BCUT2D eigenvalue weighted by molar-refractivity contribution is -0.151. The minimum absolute atomic E-state index is 0.0799. The van der Waals surface area contributed by atoms with E-state index in [0.717, 1.165) is 25.7 Å². The Morgan fingerprint density at radius 1 is 1.27 bits per heavy atom. The highest BCUT2D eigenvalue weighted by molar-refractivity contribution is 6.01. The molecule has 1 heterocycles. The van der Waals surface area contributed by atoms with Crippen LogP contribution in [0.1, 0.15) is 49.7 Å². The Morgan fingerprint density at radius 2 is 2.09 bits per heavy atom. The van der Waals surface area contributed by atoms with Gasteiger partial charge >= 0.3 is 0 Å². The molecule has 2 fully saturated rings. The van der Waals surface area contributed by atoms with Crippen LogP contribution in [0.2, 0.25) is 0 Å². The van der Waals surface area contributed by atoms with Gasteiger partial charge in [0, 0.05) is 6.42 Å². The topological polar surface area (TPSA) is 66.4 Å². The first kappa shape index (κ1) is 13.8. The average molecular weight is 299 g/mol. The molecule has 3 aliphatic rings. The van der Waals surface area contributed by atoms with E-state index < -0.39 is 5.41 Å². The number of benzene rings is 1. The van der Waals surface area contributed by atoms with Gasteiger partial charge in [-0.25, -0.2) is 0 Å². The maximum absolute atomic E-state index is 12.4. The summed E-state index contributed by atoms with van der Waals surface area (Å²) in [6.07, 6.45) is 4.21. The Hall–Kier alpha value is -1.84. The summed E-state index contributed by atoms with van der Waals surface area (Å²) >= 11 is 0. The van der Waals surface area contributed by atoms with E-state index in [1.54, 1.807) is 6.07 Å². The van der Waals surface area contributed by atoms with E-state index in [1.165, 1.54) is 11.1 Å². The lowest BCUT2D eigenvalue weighted by Crippen LogP contribution is -2.57. The second-order valence-electron chi connectivity index (χ2n) is 7.34. The Labute approximate surface area is 129 Å². The zero-order chi connectivity index (χ0) is 15.5. The smallest absolute Gasteiger partial charge is 0.232 e. The van der Waals surface area contributed by atoms with Crippen LogP contribution in [0.4, 0.5) is 0 Å². The third-order valence-electron chi connectivity index (χ3n) is 6.28. The Morgan fingerprint density at radius 3 is 2.91 bits per heavy atom. The van der Waals surface area contributed by atoms with Crippen LogP contribution in [-0.2, 0) is 16.0 Å². The monoisotopic (exact) mass is 299 g/mol. The number of fused-ring (bicyclic) bond motifs is 5. The van der Waals surface area contributed by atoms with Gasteiger partial charge in [0.15, 0.2) is 0 Å². The van der Waals surface area contributed by atoms with Crippen LogP contribution in [-0.4, -0.2) is 16.9 Å². The van der Waals surface area contributed by atoms with Crippen LogP contribution >= 0.6 is 0 Å². The number of piperidine rings is 1. The van der Waals surface area contributed by atoms with Crippen molar-refractivity contribution in [2.45, 2.75) is 44.9 Å². The van der Waals surface area contributed by atoms with Crippen LogP contribution in [0.3, 0.4) is 0 Å². The van der Waals surface area contributed by atoms with Gasteiger partial charge in [0.25, 0.3) is 0 Å². The summed E-state index contributed by atoms with van der Waals surface area (Å²) in [5.74, 6) is 1.08. The molecule has 0 bridgehead atoms. The predicted molar refractivity (Wildman–Crippen MR) is 81.3 cm³/mol. The van der Waals surface area contributed by atoms with Gasteiger partial charge in [-0.1, -0.05) is 13.0 Å². The lowest BCUT2D eigenvalue weighted by Gasteiger charge is -2.52. The van der Waals surface area contributed by atoms with Crippen LogP contribution in [0, 0.1) is 17.3 Å². The number of carbonyl (C=O) groups excluding carboxylic acids is 2. The lowest BCUT2D eigenvalue weighted by atomic mass is 9.52. The molecule has 0 radical (unpaired) electrons. The first-order chi connectivity index (χ1) is 10.5. The standard InChI is InChI=1S/C18H21NO3/c1-18-7-6-13-12-5-3-11(20)8-10(12)2-4-14(13)15(18)9-16(21)19-17(18)22/h3,5,8,13-15,20H,2,4,6-7,9H2,1H3,(H,19,21,22)/t13?,14?,15?,18-/m0/s1. The van der Waals surface area contributed by atoms with E-state index in [9.17, 15) is 14.7 Å². The van der Waals surface area contributed by atoms with Gasteiger partial charge in [-0.2, -0.15) is 0 Å². The summed E-state index contributed by atoms with van der Waals surface area (Å²) in [5.41, 5.74) is 2.15. The van der Waals surface area contributed by atoms with Crippen LogP contribution in [0.5, 0.6) is 5.75 Å². The maximum Gasteiger partial charge on any atom is 0.232 e. The number of nitrogens with one attached hydrogen (secondary N) is 1. The number of imide groups is 1. The number of hydrogen-bond acceptors (Lipinski definition) is 3. The summed E-state index contributed by atoms with van der Waals surface area (Å²) in [6, 6.07) is 5.67. The van der Waals surface area contributed by atoms with Crippen molar-refractivity contribution in [3.8, 4) is 5.75 Å². The molecule has 2 N–H and O–H groups in total. The summed E-state index contributed by atoms with van der Waals surface area (Å²) in [6.45, 7) is 2.03. The molecule has 0 spiro atoms. The van der Waals surface area contributed by atoms with E-state index in [4.69, 9.17) is 0 Å². The molecule has 4 heteroatoms. The Balaban J connectivity index is 1.73. The fraction of sp³-hybridized carbons (Fsp3) is 0.556. The van der Waals surface area contributed by atoms with Gasteiger partial charge in [-0.15, -0.1) is 0 Å². The molecule has 1 saturated heterocycles. The summed E-state index contributed by atoms with van der Waals surface area (Å²) in [5, 5.41) is 12.2. The second-order valence-corrected chi connectivity index (χ2v) is 7.34. The van der Waals surface area contributed by atoms with E-state index in [2.05, 4.69) is 5.32 Å².